The first-order chi connectivity index (χ1) is 10.1. The highest BCUT2D eigenvalue weighted by atomic mass is 19.1. The second-order valence-corrected chi connectivity index (χ2v) is 4.78. The molecule has 0 N–H and O–H groups in total. The molecule has 0 radical (unpaired) electrons. The van der Waals surface area contributed by atoms with E-state index in [4.69, 9.17) is 0 Å². The smallest absolute Gasteiger partial charge is 0.269 e. The molecule has 0 aliphatic carbocycles. The van der Waals surface area contributed by atoms with Crippen LogP contribution in [0, 0.1) is 15.9 Å². The Bertz CT molecular complexity index is 728. The van der Waals surface area contributed by atoms with Crippen molar-refractivity contribution < 1.29 is 14.1 Å². The maximum Gasteiger partial charge on any atom is 0.269 e. The van der Waals surface area contributed by atoms with Crippen LogP contribution < -0.4 is 4.90 Å². The molecule has 0 saturated heterocycles. The van der Waals surface area contributed by atoms with E-state index in [1.165, 1.54) is 36.4 Å². The molecule has 0 fully saturated rings. The zero-order valence-electron chi connectivity index (χ0n) is 11.0. The van der Waals surface area contributed by atoms with Crippen LogP contribution in [0.25, 0.3) is 0 Å². The molecule has 3 rings (SSSR count). The van der Waals surface area contributed by atoms with Gasteiger partial charge in [0.25, 0.3) is 11.6 Å². The number of non-ortho nitro benzene ring substituents is 1. The lowest BCUT2D eigenvalue weighted by Gasteiger charge is -2.17. The fourth-order valence-electron chi connectivity index (χ4n) is 2.46. The van der Waals surface area contributed by atoms with Gasteiger partial charge in [-0.3, -0.25) is 14.9 Å². The SMILES string of the molecule is O=C(c1ccc(F)cc1)N1CCc2cc([N+](=O)[O-])ccc21. The third kappa shape index (κ3) is 2.35. The minimum absolute atomic E-state index is 0.0184. The molecule has 1 heterocycles. The molecule has 6 heteroatoms. The Labute approximate surface area is 119 Å². The van der Waals surface area contributed by atoms with Gasteiger partial charge < -0.3 is 4.90 Å². The summed E-state index contributed by atoms with van der Waals surface area (Å²) in [7, 11) is 0. The van der Waals surface area contributed by atoms with Gasteiger partial charge >= 0.3 is 0 Å². The van der Waals surface area contributed by atoms with Crippen LogP contribution in [-0.2, 0) is 6.42 Å². The quantitative estimate of drug-likeness (QED) is 0.630. The van der Waals surface area contributed by atoms with E-state index in [1.54, 1.807) is 11.0 Å². The van der Waals surface area contributed by atoms with E-state index in [1.807, 2.05) is 0 Å². The molecule has 2 aromatic rings. The lowest BCUT2D eigenvalue weighted by atomic mass is 10.1. The number of hydrogen-bond donors (Lipinski definition) is 0. The van der Waals surface area contributed by atoms with Crippen LogP contribution in [-0.4, -0.2) is 17.4 Å². The first kappa shape index (κ1) is 13.2. The predicted octanol–water partition coefficient (Wildman–Crippen LogP) is 2.94. The average molecular weight is 286 g/mol. The van der Waals surface area contributed by atoms with Gasteiger partial charge in [-0.15, -0.1) is 0 Å². The Kier molecular flexibility index (Phi) is 3.13. The first-order valence-corrected chi connectivity index (χ1v) is 6.41. The first-order valence-electron chi connectivity index (χ1n) is 6.41. The highest BCUT2D eigenvalue weighted by Gasteiger charge is 2.27. The van der Waals surface area contributed by atoms with E-state index in [0.717, 1.165) is 5.56 Å². The molecule has 0 spiro atoms. The largest absolute Gasteiger partial charge is 0.308 e. The summed E-state index contributed by atoms with van der Waals surface area (Å²) in [6.07, 6.45) is 0.573. The minimum Gasteiger partial charge on any atom is -0.308 e. The number of nitrogens with zero attached hydrogens (tertiary/aromatic N) is 2. The fourth-order valence-corrected chi connectivity index (χ4v) is 2.46. The second kappa shape index (κ2) is 4.97. The summed E-state index contributed by atoms with van der Waals surface area (Å²) in [6.45, 7) is 0.465. The predicted molar refractivity (Wildman–Crippen MR) is 74.9 cm³/mol. The molecule has 21 heavy (non-hydrogen) atoms. The van der Waals surface area contributed by atoms with E-state index in [0.29, 0.717) is 24.2 Å². The van der Waals surface area contributed by atoms with Gasteiger partial charge in [-0.25, -0.2) is 4.39 Å². The van der Waals surface area contributed by atoms with Crippen molar-refractivity contribution in [3.63, 3.8) is 0 Å². The summed E-state index contributed by atoms with van der Waals surface area (Å²) in [4.78, 5) is 24.3. The van der Waals surface area contributed by atoms with E-state index < -0.39 is 10.7 Å². The molecule has 2 aromatic carbocycles. The van der Waals surface area contributed by atoms with Crippen molar-refractivity contribution in [1.29, 1.82) is 0 Å². The highest BCUT2D eigenvalue weighted by molar-refractivity contribution is 6.07. The molecule has 0 saturated carbocycles. The number of nitro benzene ring substituents is 1. The van der Waals surface area contributed by atoms with Crippen LogP contribution in [0.1, 0.15) is 15.9 Å². The normalized spacial score (nSPS) is 13.1. The average Bonchev–Trinajstić information content (AvgIpc) is 2.90. The molecule has 5 nitrogen and oxygen atoms in total. The van der Waals surface area contributed by atoms with Crippen LogP contribution in [0.4, 0.5) is 15.8 Å². The Hall–Kier alpha value is -2.76. The Morgan fingerprint density at radius 1 is 1.19 bits per heavy atom. The Morgan fingerprint density at radius 3 is 2.57 bits per heavy atom. The van der Waals surface area contributed by atoms with Crippen molar-refractivity contribution in [2.45, 2.75) is 6.42 Å². The standard InChI is InChI=1S/C15H11FN2O3/c16-12-3-1-10(2-4-12)15(19)17-8-7-11-9-13(18(20)21)5-6-14(11)17/h1-6,9H,7-8H2. The second-order valence-electron chi connectivity index (χ2n) is 4.78. The number of nitro groups is 1. The van der Waals surface area contributed by atoms with Gasteiger partial charge in [-0.2, -0.15) is 0 Å². The molecule has 0 bridgehead atoms. The van der Waals surface area contributed by atoms with Gasteiger partial charge in [-0.1, -0.05) is 0 Å². The van der Waals surface area contributed by atoms with Crippen molar-refractivity contribution in [2.24, 2.45) is 0 Å². The Morgan fingerprint density at radius 2 is 1.90 bits per heavy atom. The monoisotopic (exact) mass is 286 g/mol. The van der Waals surface area contributed by atoms with E-state index in [2.05, 4.69) is 0 Å². The van der Waals surface area contributed by atoms with Gasteiger partial charge in [-0.05, 0) is 42.3 Å². The number of benzene rings is 2. The summed E-state index contributed by atoms with van der Waals surface area (Å²) in [6, 6.07) is 9.80. The molecule has 0 aromatic heterocycles. The molecule has 1 amide bonds. The number of carbonyl (C=O) groups excluding carboxylic acids is 1. The molecule has 0 unspecified atom stereocenters. The zero-order chi connectivity index (χ0) is 15.0. The zero-order valence-corrected chi connectivity index (χ0v) is 11.0. The van der Waals surface area contributed by atoms with Gasteiger partial charge in [0.15, 0.2) is 0 Å². The number of anilines is 1. The van der Waals surface area contributed by atoms with E-state index in [-0.39, 0.29) is 11.6 Å². The van der Waals surface area contributed by atoms with Crippen LogP contribution in [0.2, 0.25) is 0 Å². The third-order valence-electron chi connectivity index (χ3n) is 3.51. The molecule has 1 aliphatic rings. The van der Waals surface area contributed by atoms with Crippen molar-refractivity contribution in [3.05, 3.63) is 69.5 Å². The third-order valence-corrected chi connectivity index (χ3v) is 3.51. The maximum atomic E-state index is 12.9. The van der Waals surface area contributed by atoms with Gasteiger partial charge in [0.1, 0.15) is 5.82 Å². The van der Waals surface area contributed by atoms with Crippen LogP contribution >= 0.6 is 0 Å². The number of amides is 1. The minimum atomic E-state index is -0.454. The van der Waals surface area contributed by atoms with Crippen LogP contribution in [0.5, 0.6) is 0 Å². The molecular weight excluding hydrogens is 275 g/mol. The topological polar surface area (TPSA) is 63.5 Å². The lowest BCUT2D eigenvalue weighted by molar-refractivity contribution is -0.384. The summed E-state index contributed by atoms with van der Waals surface area (Å²) < 4.78 is 12.9. The van der Waals surface area contributed by atoms with Crippen molar-refractivity contribution in [1.82, 2.24) is 0 Å². The number of fused-ring (bicyclic) bond motifs is 1. The molecule has 0 atom stereocenters. The van der Waals surface area contributed by atoms with Gasteiger partial charge in [0, 0.05) is 29.9 Å². The van der Waals surface area contributed by atoms with Gasteiger partial charge in [0.2, 0.25) is 0 Å². The fraction of sp³-hybridized carbons (Fsp3) is 0.133. The molecule has 106 valence electrons. The van der Waals surface area contributed by atoms with Crippen molar-refractivity contribution in [3.8, 4) is 0 Å². The summed E-state index contributed by atoms with van der Waals surface area (Å²) in [5.41, 5.74) is 1.86. The summed E-state index contributed by atoms with van der Waals surface area (Å²) in [5, 5.41) is 10.8. The number of hydrogen-bond acceptors (Lipinski definition) is 3. The summed E-state index contributed by atoms with van der Waals surface area (Å²) >= 11 is 0. The van der Waals surface area contributed by atoms with E-state index in [9.17, 15) is 19.3 Å². The van der Waals surface area contributed by atoms with E-state index >= 15 is 0 Å². The Balaban J connectivity index is 1.92. The number of halogens is 1. The molecular formula is C15H11FN2O3. The number of rotatable bonds is 2. The number of carbonyl (C=O) groups is 1. The van der Waals surface area contributed by atoms with Crippen molar-refractivity contribution >= 4 is 17.3 Å². The van der Waals surface area contributed by atoms with Crippen LogP contribution in [0.3, 0.4) is 0 Å². The van der Waals surface area contributed by atoms with Crippen LogP contribution in [0.15, 0.2) is 42.5 Å². The van der Waals surface area contributed by atoms with Gasteiger partial charge in [0.05, 0.1) is 4.92 Å². The highest BCUT2D eigenvalue weighted by Crippen LogP contribution is 2.32. The molecule has 1 aliphatic heterocycles. The summed E-state index contributed by atoms with van der Waals surface area (Å²) in [5.74, 6) is -0.633. The lowest BCUT2D eigenvalue weighted by Crippen LogP contribution is -2.28. The maximum absolute atomic E-state index is 12.9. The van der Waals surface area contributed by atoms with Crippen molar-refractivity contribution in [2.75, 3.05) is 11.4 Å².